The maximum Gasteiger partial charge on any atom is 0.305 e. The van der Waals surface area contributed by atoms with E-state index in [0.29, 0.717) is 13.0 Å². The Bertz CT molecular complexity index is 464. The quantitative estimate of drug-likeness (QED) is 0.0650. The van der Waals surface area contributed by atoms with E-state index in [0.717, 1.165) is 38.5 Å². The van der Waals surface area contributed by atoms with Gasteiger partial charge in [-0.3, -0.25) is 4.79 Å². The minimum Gasteiger partial charge on any atom is -0.466 e. The number of rotatable bonds is 33. The highest BCUT2D eigenvalue weighted by Crippen LogP contribution is 2.16. The highest BCUT2D eigenvalue weighted by atomic mass is 16.5. The third kappa shape index (κ3) is 33.5. The Morgan fingerprint density at radius 1 is 0.462 bits per heavy atom. The summed E-state index contributed by atoms with van der Waals surface area (Å²) in [6.45, 7) is 5.14. The number of carbonyl (C=O) groups excluding carboxylic acids is 1. The second-order valence-corrected chi connectivity index (χ2v) is 12.4. The SMILES string of the molecule is CCCCCCCCCCCCCCCCCCOC(=O)CCCCCCCCCC(O)CCCCCCC. The topological polar surface area (TPSA) is 46.5 Å². The monoisotopic (exact) mass is 553 g/mol. The van der Waals surface area contributed by atoms with Gasteiger partial charge < -0.3 is 9.84 Å². The highest BCUT2D eigenvalue weighted by molar-refractivity contribution is 5.69. The maximum absolute atomic E-state index is 11.9. The summed E-state index contributed by atoms with van der Waals surface area (Å²) in [6, 6.07) is 0. The predicted octanol–water partition coefficient (Wildman–Crippen LogP) is 12.0. The number of unbranched alkanes of at least 4 members (excludes halogenated alkanes) is 25. The summed E-state index contributed by atoms with van der Waals surface area (Å²) in [6.07, 6.45) is 38.9. The van der Waals surface area contributed by atoms with Crippen LogP contribution in [-0.4, -0.2) is 23.8 Å². The fourth-order valence-electron chi connectivity index (χ4n) is 5.57. The number of hydrogen-bond acceptors (Lipinski definition) is 3. The van der Waals surface area contributed by atoms with Gasteiger partial charge in [-0.05, 0) is 25.7 Å². The Morgan fingerprint density at radius 3 is 1.15 bits per heavy atom. The van der Waals surface area contributed by atoms with Crippen LogP contribution < -0.4 is 0 Å². The number of aliphatic hydroxyl groups excluding tert-OH is 1. The summed E-state index contributed by atoms with van der Waals surface area (Å²) in [5, 5.41) is 10.1. The molecule has 0 saturated heterocycles. The van der Waals surface area contributed by atoms with E-state index in [-0.39, 0.29) is 12.1 Å². The fraction of sp³-hybridized carbons (Fsp3) is 0.972. The van der Waals surface area contributed by atoms with Crippen molar-refractivity contribution in [3.05, 3.63) is 0 Å². The van der Waals surface area contributed by atoms with E-state index in [1.54, 1.807) is 0 Å². The summed E-state index contributed by atoms with van der Waals surface area (Å²) in [7, 11) is 0. The van der Waals surface area contributed by atoms with Gasteiger partial charge in [0.25, 0.3) is 0 Å². The van der Waals surface area contributed by atoms with E-state index in [2.05, 4.69) is 13.8 Å². The summed E-state index contributed by atoms with van der Waals surface area (Å²) < 4.78 is 5.43. The van der Waals surface area contributed by atoms with E-state index < -0.39 is 0 Å². The molecule has 0 aromatic rings. The molecule has 0 aliphatic rings. The average Bonchev–Trinajstić information content (AvgIpc) is 2.93. The second-order valence-electron chi connectivity index (χ2n) is 12.4. The molecule has 0 amide bonds. The number of carbonyl (C=O) groups is 1. The van der Waals surface area contributed by atoms with Crippen molar-refractivity contribution in [3.63, 3.8) is 0 Å². The maximum atomic E-state index is 11.9. The lowest BCUT2D eigenvalue weighted by Gasteiger charge is -2.10. The first kappa shape index (κ1) is 38.4. The van der Waals surface area contributed by atoms with Crippen molar-refractivity contribution in [2.24, 2.45) is 0 Å². The lowest BCUT2D eigenvalue weighted by Crippen LogP contribution is -2.06. The van der Waals surface area contributed by atoms with Crippen molar-refractivity contribution in [1.82, 2.24) is 0 Å². The van der Waals surface area contributed by atoms with Crippen LogP contribution in [0.15, 0.2) is 0 Å². The van der Waals surface area contributed by atoms with Gasteiger partial charge in [-0.1, -0.05) is 181 Å². The molecule has 39 heavy (non-hydrogen) atoms. The van der Waals surface area contributed by atoms with E-state index >= 15 is 0 Å². The number of ether oxygens (including phenoxy) is 1. The zero-order valence-corrected chi connectivity index (χ0v) is 27.0. The van der Waals surface area contributed by atoms with Gasteiger partial charge in [0.15, 0.2) is 0 Å². The normalized spacial score (nSPS) is 12.2. The van der Waals surface area contributed by atoms with Crippen LogP contribution in [-0.2, 0) is 9.53 Å². The van der Waals surface area contributed by atoms with Gasteiger partial charge in [-0.25, -0.2) is 0 Å². The molecule has 3 nitrogen and oxygen atoms in total. The molecule has 0 saturated carbocycles. The van der Waals surface area contributed by atoms with Crippen LogP contribution in [0.1, 0.15) is 213 Å². The van der Waals surface area contributed by atoms with E-state index in [1.807, 2.05) is 0 Å². The molecule has 1 N–H and O–H groups in total. The Hall–Kier alpha value is -0.570. The molecule has 0 radical (unpaired) electrons. The minimum absolute atomic E-state index is 0.000332. The van der Waals surface area contributed by atoms with Crippen molar-refractivity contribution in [2.45, 2.75) is 219 Å². The van der Waals surface area contributed by atoms with Gasteiger partial charge in [0.05, 0.1) is 12.7 Å². The third-order valence-electron chi connectivity index (χ3n) is 8.32. The molecule has 0 aromatic carbocycles. The van der Waals surface area contributed by atoms with Gasteiger partial charge in [-0.2, -0.15) is 0 Å². The lowest BCUT2D eigenvalue weighted by molar-refractivity contribution is -0.143. The van der Waals surface area contributed by atoms with Gasteiger partial charge in [-0.15, -0.1) is 0 Å². The van der Waals surface area contributed by atoms with Crippen molar-refractivity contribution in [1.29, 1.82) is 0 Å². The van der Waals surface area contributed by atoms with Crippen molar-refractivity contribution < 1.29 is 14.6 Å². The Balaban J connectivity index is 3.21. The molecule has 0 bridgehead atoms. The number of esters is 1. The summed E-state index contributed by atoms with van der Waals surface area (Å²) >= 11 is 0. The van der Waals surface area contributed by atoms with Crippen LogP contribution >= 0.6 is 0 Å². The Labute approximate surface area is 246 Å². The largest absolute Gasteiger partial charge is 0.466 e. The van der Waals surface area contributed by atoms with Crippen LogP contribution in [0, 0.1) is 0 Å². The van der Waals surface area contributed by atoms with Gasteiger partial charge >= 0.3 is 5.97 Å². The van der Waals surface area contributed by atoms with Crippen LogP contribution in [0.3, 0.4) is 0 Å². The van der Waals surface area contributed by atoms with Crippen LogP contribution in [0.25, 0.3) is 0 Å². The zero-order valence-electron chi connectivity index (χ0n) is 27.0. The standard InChI is InChI=1S/C36H72O3/c1-3-5-7-9-10-11-12-13-14-15-16-17-18-22-26-30-34-39-36(38)33-29-25-21-19-20-24-28-32-35(37)31-27-23-8-6-4-2/h35,37H,3-34H2,1-2H3. The van der Waals surface area contributed by atoms with Crippen molar-refractivity contribution >= 4 is 5.97 Å². The van der Waals surface area contributed by atoms with E-state index in [4.69, 9.17) is 4.74 Å². The third-order valence-corrected chi connectivity index (χ3v) is 8.32. The molecule has 1 unspecified atom stereocenters. The molecule has 3 heteroatoms. The van der Waals surface area contributed by atoms with Crippen molar-refractivity contribution in [2.75, 3.05) is 6.61 Å². The molecule has 0 aliphatic heterocycles. The Morgan fingerprint density at radius 2 is 0.769 bits per heavy atom. The van der Waals surface area contributed by atoms with Gasteiger partial charge in [0, 0.05) is 6.42 Å². The zero-order chi connectivity index (χ0) is 28.5. The predicted molar refractivity (Wildman–Crippen MR) is 171 cm³/mol. The first-order chi connectivity index (χ1) is 19.2. The van der Waals surface area contributed by atoms with Crippen LogP contribution in [0.4, 0.5) is 0 Å². The van der Waals surface area contributed by atoms with Crippen LogP contribution in [0.5, 0.6) is 0 Å². The summed E-state index contributed by atoms with van der Waals surface area (Å²) in [4.78, 5) is 11.9. The minimum atomic E-state index is -0.0862. The van der Waals surface area contributed by atoms with Crippen LogP contribution in [0.2, 0.25) is 0 Å². The first-order valence-corrected chi connectivity index (χ1v) is 18.0. The second kappa shape index (κ2) is 33.6. The molecule has 0 aromatic heterocycles. The fourth-order valence-corrected chi connectivity index (χ4v) is 5.57. The average molecular weight is 553 g/mol. The first-order valence-electron chi connectivity index (χ1n) is 18.0. The van der Waals surface area contributed by atoms with E-state index in [1.165, 1.54) is 154 Å². The molecular weight excluding hydrogens is 480 g/mol. The molecular formula is C36H72O3. The number of hydrogen-bond donors (Lipinski definition) is 1. The molecule has 0 rings (SSSR count). The Kier molecular flexibility index (Phi) is 33.1. The van der Waals surface area contributed by atoms with Crippen molar-refractivity contribution in [3.8, 4) is 0 Å². The lowest BCUT2D eigenvalue weighted by atomic mass is 10.0. The van der Waals surface area contributed by atoms with Gasteiger partial charge in [0.1, 0.15) is 0 Å². The smallest absolute Gasteiger partial charge is 0.305 e. The number of aliphatic hydroxyl groups is 1. The molecule has 234 valence electrons. The van der Waals surface area contributed by atoms with E-state index in [9.17, 15) is 9.90 Å². The highest BCUT2D eigenvalue weighted by Gasteiger charge is 2.05. The molecule has 0 heterocycles. The molecule has 0 fully saturated rings. The molecule has 1 atom stereocenters. The van der Waals surface area contributed by atoms with Gasteiger partial charge in [0.2, 0.25) is 0 Å². The molecule has 0 aliphatic carbocycles. The summed E-state index contributed by atoms with van der Waals surface area (Å²) in [5.74, 6) is -0.000332. The molecule has 0 spiro atoms. The summed E-state index contributed by atoms with van der Waals surface area (Å²) in [5.41, 5.74) is 0.